The molecule has 12 heavy (non-hydrogen) atoms. The molecule has 0 bridgehead atoms. The molecule has 0 N–H and O–H groups in total. The third kappa shape index (κ3) is 1.43. The largest absolute Gasteiger partial charge is 0.0753 e. The normalized spacial score (nSPS) is 23.4. The average molecular weight is 164 g/mol. The molecule has 2 radical (unpaired) electrons. The summed E-state index contributed by atoms with van der Waals surface area (Å²) in [6, 6.07) is 0. The molecule has 1 fully saturated rings. The highest BCUT2D eigenvalue weighted by Crippen LogP contribution is 2.58. The lowest BCUT2D eigenvalue weighted by molar-refractivity contribution is 0.157. The van der Waals surface area contributed by atoms with Crippen molar-refractivity contribution in [1.29, 1.82) is 0 Å². The van der Waals surface area contributed by atoms with Gasteiger partial charge in [-0.2, -0.15) is 0 Å². The number of hydrogen-bond acceptors (Lipinski definition) is 0. The third-order valence-electron chi connectivity index (χ3n) is 4.22. The van der Waals surface area contributed by atoms with Crippen molar-refractivity contribution in [2.24, 2.45) is 11.3 Å². The van der Waals surface area contributed by atoms with Crippen LogP contribution in [0.5, 0.6) is 0 Å². The van der Waals surface area contributed by atoms with Gasteiger partial charge in [-0.1, -0.05) is 58.7 Å². The van der Waals surface area contributed by atoms with Crippen molar-refractivity contribution in [2.75, 3.05) is 0 Å². The van der Waals surface area contributed by atoms with Gasteiger partial charge in [0.1, 0.15) is 0 Å². The highest BCUT2D eigenvalue weighted by Gasteiger charge is 2.43. The summed E-state index contributed by atoms with van der Waals surface area (Å²) in [4.78, 5) is 0. The van der Waals surface area contributed by atoms with Gasteiger partial charge in [0.25, 0.3) is 0 Å². The Labute approximate surface area is 78.5 Å². The molecule has 0 spiro atoms. The van der Waals surface area contributed by atoms with Gasteiger partial charge in [-0.15, -0.1) is 0 Å². The summed E-state index contributed by atoms with van der Waals surface area (Å²) >= 11 is 0. The number of rotatable bonds is 2. The van der Waals surface area contributed by atoms with Crippen molar-refractivity contribution in [2.45, 2.75) is 58.7 Å². The Bertz CT molecular complexity index is 150. The van der Waals surface area contributed by atoms with E-state index >= 15 is 0 Å². The minimum atomic E-state index is 0.112. The lowest BCUT2D eigenvalue weighted by atomic mass is 9.49. The van der Waals surface area contributed by atoms with Crippen LogP contribution < -0.4 is 0 Å². The molecule has 0 aromatic rings. The molecule has 0 aromatic carbocycles. The Morgan fingerprint density at radius 3 is 1.92 bits per heavy atom. The molecule has 1 saturated carbocycles. The molecule has 1 heteroatoms. The van der Waals surface area contributed by atoms with E-state index in [9.17, 15) is 0 Å². The molecule has 0 saturated heterocycles. The predicted molar refractivity (Wildman–Crippen MR) is 55.5 cm³/mol. The van der Waals surface area contributed by atoms with E-state index in [1.807, 2.05) is 0 Å². The molecule has 68 valence electrons. The van der Waals surface area contributed by atoms with Crippen molar-refractivity contribution in [3.63, 3.8) is 0 Å². The smallest absolute Gasteiger partial charge is 0.0623 e. The molecule has 0 aromatic heterocycles. The summed E-state index contributed by atoms with van der Waals surface area (Å²) in [6.07, 6.45) is 5.09. The van der Waals surface area contributed by atoms with Crippen LogP contribution in [0, 0.1) is 11.3 Å². The second-order valence-corrected chi connectivity index (χ2v) is 5.24. The zero-order valence-corrected chi connectivity index (χ0v) is 8.98. The lowest BCUT2D eigenvalue weighted by Gasteiger charge is -2.45. The van der Waals surface area contributed by atoms with Crippen molar-refractivity contribution < 1.29 is 0 Å². The molecule has 0 unspecified atom stereocenters. The van der Waals surface area contributed by atoms with Gasteiger partial charge in [-0.3, -0.25) is 0 Å². The zero-order valence-electron chi connectivity index (χ0n) is 8.98. The van der Waals surface area contributed by atoms with E-state index < -0.39 is 0 Å². The first-order valence-electron chi connectivity index (χ1n) is 5.19. The Morgan fingerprint density at radius 1 is 1.17 bits per heavy atom. The molecular weight excluding hydrogens is 143 g/mol. The summed E-state index contributed by atoms with van der Waals surface area (Å²) in [6.45, 7) is 9.21. The number of hydrogen-bond donors (Lipinski definition) is 0. The first kappa shape index (κ1) is 10.1. The molecular formula is C11H21B. The van der Waals surface area contributed by atoms with Crippen LogP contribution in [0.4, 0.5) is 0 Å². The fraction of sp³-hybridized carbons (Fsp3) is 1.00. The quantitative estimate of drug-likeness (QED) is 0.547. The third-order valence-corrected chi connectivity index (χ3v) is 4.22. The molecule has 1 aliphatic rings. The Morgan fingerprint density at radius 2 is 1.58 bits per heavy atom. The van der Waals surface area contributed by atoms with Crippen molar-refractivity contribution >= 4 is 7.85 Å². The van der Waals surface area contributed by atoms with Crippen LogP contribution >= 0.6 is 0 Å². The molecule has 1 aliphatic carbocycles. The Balaban J connectivity index is 2.78. The van der Waals surface area contributed by atoms with E-state index in [1.54, 1.807) is 0 Å². The van der Waals surface area contributed by atoms with Gasteiger partial charge in [0, 0.05) is 0 Å². The molecule has 0 aliphatic heterocycles. The van der Waals surface area contributed by atoms with Crippen LogP contribution in [-0.2, 0) is 0 Å². The van der Waals surface area contributed by atoms with Crippen molar-refractivity contribution in [3.05, 3.63) is 0 Å². The maximum atomic E-state index is 6.44. The second kappa shape index (κ2) is 3.08. The fourth-order valence-corrected chi connectivity index (χ4v) is 2.23. The van der Waals surface area contributed by atoms with Crippen molar-refractivity contribution in [1.82, 2.24) is 0 Å². The highest BCUT2D eigenvalue weighted by atomic mass is 14.5. The molecule has 0 nitrogen and oxygen atoms in total. The summed E-state index contributed by atoms with van der Waals surface area (Å²) in [5, 5.41) is 0.112. The molecule has 0 heterocycles. The summed E-state index contributed by atoms with van der Waals surface area (Å²) in [5.74, 6) is 0.681. The van der Waals surface area contributed by atoms with Gasteiger partial charge >= 0.3 is 0 Å². The van der Waals surface area contributed by atoms with Crippen LogP contribution in [0.15, 0.2) is 0 Å². The summed E-state index contributed by atoms with van der Waals surface area (Å²) in [5.41, 5.74) is 0.295. The van der Waals surface area contributed by atoms with E-state index in [2.05, 4.69) is 27.7 Å². The minimum Gasteiger partial charge on any atom is -0.0623 e. The second-order valence-electron chi connectivity index (χ2n) is 5.24. The SMILES string of the molecule is [B]C1(C(C)(C)C(C)C)CCCC1. The van der Waals surface area contributed by atoms with E-state index in [0.717, 1.165) is 0 Å². The summed E-state index contributed by atoms with van der Waals surface area (Å²) < 4.78 is 0. The van der Waals surface area contributed by atoms with Crippen LogP contribution in [0.3, 0.4) is 0 Å². The first-order valence-corrected chi connectivity index (χ1v) is 5.19. The highest BCUT2D eigenvalue weighted by molar-refractivity contribution is 6.16. The van der Waals surface area contributed by atoms with Crippen molar-refractivity contribution in [3.8, 4) is 0 Å². The molecule has 1 rings (SSSR count). The average Bonchev–Trinajstić information content (AvgIpc) is 2.37. The van der Waals surface area contributed by atoms with Gasteiger partial charge in [0.2, 0.25) is 0 Å². The van der Waals surface area contributed by atoms with Gasteiger partial charge < -0.3 is 0 Å². The topological polar surface area (TPSA) is 0 Å². The Kier molecular flexibility index (Phi) is 2.61. The van der Waals surface area contributed by atoms with E-state index in [4.69, 9.17) is 7.85 Å². The monoisotopic (exact) mass is 164 g/mol. The van der Waals surface area contributed by atoms with Gasteiger partial charge in [0.15, 0.2) is 0 Å². The van der Waals surface area contributed by atoms with Crippen LogP contribution in [0.1, 0.15) is 53.4 Å². The Hall–Kier alpha value is 0.0649. The van der Waals surface area contributed by atoms with E-state index in [0.29, 0.717) is 11.3 Å². The first-order chi connectivity index (χ1) is 5.40. The van der Waals surface area contributed by atoms with E-state index in [-0.39, 0.29) is 5.31 Å². The maximum Gasteiger partial charge on any atom is 0.0753 e. The van der Waals surface area contributed by atoms with E-state index in [1.165, 1.54) is 25.7 Å². The minimum absolute atomic E-state index is 0.112. The van der Waals surface area contributed by atoms with Crippen LogP contribution in [0.25, 0.3) is 0 Å². The van der Waals surface area contributed by atoms with Gasteiger partial charge in [-0.25, -0.2) is 0 Å². The molecule has 0 atom stereocenters. The lowest BCUT2D eigenvalue weighted by Crippen LogP contribution is -2.34. The maximum absolute atomic E-state index is 6.44. The van der Waals surface area contributed by atoms with Gasteiger partial charge in [0.05, 0.1) is 7.85 Å². The predicted octanol–water partition coefficient (Wildman–Crippen LogP) is 3.57. The van der Waals surface area contributed by atoms with Crippen LogP contribution in [0.2, 0.25) is 5.31 Å². The standard InChI is InChI=1S/C11H21B/c1-9(2)10(3,4)11(12)7-5-6-8-11/h9H,5-8H2,1-4H3. The fourth-order valence-electron chi connectivity index (χ4n) is 2.23. The molecule has 0 amide bonds. The van der Waals surface area contributed by atoms with Gasteiger partial charge in [-0.05, 0) is 11.3 Å². The zero-order chi connectivity index (χ0) is 9.41. The van der Waals surface area contributed by atoms with Crippen LogP contribution in [-0.4, -0.2) is 7.85 Å². The summed E-state index contributed by atoms with van der Waals surface area (Å²) in [7, 11) is 6.44.